The molecule has 0 bridgehead atoms. The number of piperidine rings is 1. The quantitative estimate of drug-likeness (QED) is 0.584. The fraction of sp³-hybridized carbons (Fsp3) is 0.611. The van der Waals surface area contributed by atoms with E-state index in [1.165, 1.54) is 32.1 Å². The van der Waals surface area contributed by atoms with Crippen molar-refractivity contribution in [3.63, 3.8) is 0 Å². The lowest BCUT2D eigenvalue weighted by Gasteiger charge is -2.41. The van der Waals surface area contributed by atoms with Gasteiger partial charge in [-0.2, -0.15) is 5.26 Å². The summed E-state index contributed by atoms with van der Waals surface area (Å²) in [6.45, 7) is 2.29. The second-order valence-corrected chi connectivity index (χ2v) is 7.42. The van der Waals surface area contributed by atoms with Crippen LogP contribution in [0.4, 0.5) is 5.69 Å². The topological polar surface area (TPSA) is 30.3 Å². The van der Waals surface area contributed by atoms with E-state index < -0.39 is 0 Å². The van der Waals surface area contributed by atoms with Gasteiger partial charge in [0.05, 0.1) is 5.69 Å². The Morgan fingerprint density at radius 3 is 2.23 bits per heavy atom. The molecule has 0 N–H and O–H groups in total. The van der Waals surface area contributed by atoms with Crippen LogP contribution in [0.25, 0.3) is 0 Å². The third kappa shape index (κ3) is 3.64. The first-order valence-electron chi connectivity index (χ1n) is 8.46. The number of anilines is 1. The molecule has 1 aromatic carbocycles. The predicted octanol–water partition coefficient (Wildman–Crippen LogP) is 4.53. The highest BCUT2D eigenvalue weighted by molar-refractivity contribution is 9.10. The minimum absolute atomic E-state index is 0.353. The highest BCUT2D eigenvalue weighted by atomic mass is 79.9. The van der Waals surface area contributed by atoms with Crippen LogP contribution in [-0.2, 0) is 0 Å². The Bertz CT molecular complexity index is 508. The van der Waals surface area contributed by atoms with E-state index in [1.807, 2.05) is 29.2 Å². The Balaban J connectivity index is 1.59. The van der Waals surface area contributed by atoms with Crippen LogP contribution in [-0.4, -0.2) is 30.1 Å². The van der Waals surface area contributed by atoms with E-state index in [0.29, 0.717) is 6.04 Å². The average Bonchev–Trinajstić information content (AvgIpc) is 2.59. The minimum atomic E-state index is 0.353. The van der Waals surface area contributed by atoms with Crippen molar-refractivity contribution in [2.45, 2.75) is 57.0 Å². The van der Waals surface area contributed by atoms with E-state index in [4.69, 9.17) is 0 Å². The van der Waals surface area contributed by atoms with Gasteiger partial charge in [0.25, 0.3) is 0 Å². The molecule has 1 aliphatic carbocycles. The first-order chi connectivity index (χ1) is 10.8. The van der Waals surface area contributed by atoms with Crippen molar-refractivity contribution < 1.29 is 0 Å². The van der Waals surface area contributed by atoms with Crippen molar-refractivity contribution >= 4 is 21.6 Å². The Kier molecular flexibility index (Phi) is 5.38. The van der Waals surface area contributed by atoms with Gasteiger partial charge >= 0.3 is 0 Å². The monoisotopic (exact) mass is 361 g/mol. The number of hydrogen-bond donors (Lipinski definition) is 0. The van der Waals surface area contributed by atoms with Gasteiger partial charge in [-0.1, -0.05) is 35.2 Å². The van der Waals surface area contributed by atoms with Gasteiger partial charge in [-0.15, -0.1) is 0 Å². The lowest BCUT2D eigenvalue weighted by atomic mass is 9.92. The summed E-state index contributed by atoms with van der Waals surface area (Å²) >= 11 is 3.46. The van der Waals surface area contributed by atoms with Crippen LogP contribution < -0.4 is 4.90 Å². The van der Waals surface area contributed by atoms with Crippen molar-refractivity contribution in [2.75, 3.05) is 18.0 Å². The van der Waals surface area contributed by atoms with Gasteiger partial charge in [0.15, 0.2) is 6.19 Å². The largest absolute Gasteiger partial charge is 0.300 e. The summed E-state index contributed by atoms with van der Waals surface area (Å²) < 4.78 is 1.06. The number of rotatable bonds is 3. The van der Waals surface area contributed by atoms with Crippen molar-refractivity contribution in [1.82, 2.24) is 4.90 Å². The number of halogens is 1. The average molecular weight is 362 g/mol. The molecule has 1 aromatic rings. The van der Waals surface area contributed by atoms with E-state index in [0.717, 1.165) is 42.1 Å². The van der Waals surface area contributed by atoms with E-state index in [1.54, 1.807) is 0 Å². The molecule has 1 saturated carbocycles. The van der Waals surface area contributed by atoms with Crippen LogP contribution in [0.3, 0.4) is 0 Å². The SMILES string of the molecule is N#CN(c1ccc(Br)cc1)C1CCN(C2CCCCC2)CC1. The smallest absolute Gasteiger partial charge is 0.184 e. The molecule has 1 heterocycles. The molecular weight excluding hydrogens is 338 g/mol. The molecule has 0 radical (unpaired) electrons. The maximum absolute atomic E-state index is 9.57. The zero-order valence-corrected chi connectivity index (χ0v) is 14.6. The van der Waals surface area contributed by atoms with Gasteiger partial charge in [-0.25, -0.2) is 0 Å². The lowest BCUT2D eigenvalue weighted by molar-refractivity contribution is 0.123. The Morgan fingerprint density at radius 2 is 1.64 bits per heavy atom. The molecule has 1 saturated heterocycles. The van der Waals surface area contributed by atoms with E-state index >= 15 is 0 Å². The van der Waals surface area contributed by atoms with Gasteiger partial charge in [0.1, 0.15) is 0 Å². The Labute approximate surface area is 142 Å². The molecule has 22 heavy (non-hydrogen) atoms. The maximum atomic E-state index is 9.57. The summed E-state index contributed by atoms with van der Waals surface area (Å²) in [5.41, 5.74) is 1.02. The molecular formula is C18H24BrN3. The third-order valence-corrected chi connectivity index (χ3v) is 5.70. The number of likely N-dealkylation sites (tertiary alicyclic amines) is 1. The number of nitrogens with zero attached hydrogens (tertiary/aromatic N) is 3. The molecule has 2 aliphatic rings. The van der Waals surface area contributed by atoms with Crippen molar-refractivity contribution in [3.8, 4) is 6.19 Å². The molecule has 1 aliphatic heterocycles. The second kappa shape index (κ2) is 7.48. The highest BCUT2D eigenvalue weighted by Crippen LogP contribution is 2.28. The zero-order valence-electron chi connectivity index (χ0n) is 13.0. The summed E-state index contributed by atoms with van der Waals surface area (Å²) in [5.74, 6) is 0. The predicted molar refractivity (Wildman–Crippen MR) is 93.7 cm³/mol. The van der Waals surface area contributed by atoms with E-state index in [9.17, 15) is 5.26 Å². The highest BCUT2D eigenvalue weighted by Gasteiger charge is 2.29. The first-order valence-corrected chi connectivity index (χ1v) is 9.26. The lowest BCUT2D eigenvalue weighted by Crippen LogP contribution is -2.47. The van der Waals surface area contributed by atoms with Gasteiger partial charge in [0.2, 0.25) is 0 Å². The fourth-order valence-electron chi connectivity index (χ4n) is 3.91. The van der Waals surface area contributed by atoms with Crippen molar-refractivity contribution in [1.29, 1.82) is 5.26 Å². The fourth-order valence-corrected chi connectivity index (χ4v) is 4.17. The summed E-state index contributed by atoms with van der Waals surface area (Å²) in [6, 6.07) is 9.24. The number of hydrogen-bond acceptors (Lipinski definition) is 3. The van der Waals surface area contributed by atoms with Crippen LogP contribution >= 0.6 is 15.9 Å². The van der Waals surface area contributed by atoms with Crippen molar-refractivity contribution in [3.05, 3.63) is 28.7 Å². The Morgan fingerprint density at radius 1 is 1.00 bits per heavy atom. The minimum Gasteiger partial charge on any atom is -0.300 e. The summed E-state index contributed by atoms with van der Waals surface area (Å²) in [4.78, 5) is 4.58. The number of nitriles is 1. The van der Waals surface area contributed by atoms with Gasteiger partial charge < -0.3 is 4.90 Å². The molecule has 0 aromatic heterocycles. The van der Waals surface area contributed by atoms with Gasteiger partial charge in [-0.3, -0.25) is 4.90 Å². The van der Waals surface area contributed by atoms with E-state index in [2.05, 4.69) is 27.0 Å². The molecule has 0 atom stereocenters. The third-order valence-electron chi connectivity index (χ3n) is 5.17. The van der Waals surface area contributed by atoms with Crippen LogP contribution in [0.5, 0.6) is 0 Å². The summed E-state index contributed by atoms with van der Waals surface area (Å²) in [5, 5.41) is 9.57. The van der Waals surface area contributed by atoms with Gasteiger partial charge in [0, 0.05) is 29.6 Å². The van der Waals surface area contributed by atoms with E-state index in [-0.39, 0.29) is 0 Å². The van der Waals surface area contributed by atoms with Crippen LogP contribution in [0.2, 0.25) is 0 Å². The standard InChI is InChI=1S/C18H24BrN3/c19-15-6-8-17(9-7-15)22(14-20)18-10-12-21(13-11-18)16-4-2-1-3-5-16/h6-9,16,18H,1-5,10-13H2. The van der Waals surface area contributed by atoms with Crippen LogP contribution in [0.15, 0.2) is 28.7 Å². The summed E-state index contributed by atoms with van der Waals surface area (Å²) in [6.07, 6.45) is 11.6. The first kappa shape index (κ1) is 15.8. The molecule has 4 heteroatoms. The molecule has 3 rings (SSSR count). The maximum Gasteiger partial charge on any atom is 0.184 e. The summed E-state index contributed by atoms with van der Waals surface area (Å²) in [7, 11) is 0. The molecule has 0 unspecified atom stereocenters. The van der Waals surface area contributed by atoms with Crippen LogP contribution in [0.1, 0.15) is 44.9 Å². The molecule has 3 nitrogen and oxygen atoms in total. The zero-order chi connectivity index (χ0) is 15.4. The molecule has 118 valence electrons. The molecule has 2 fully saturated rings. The number of benzene rings is 1. The van der Waals surface area contributed by atoms with Gasteiger partial charge in [-0.05, 0) is 49.9 Å². The Hall–Kier alpha value is -1.05. The second-order valence-electron chi connectivity index (χ2n) is 6.51. The van der Waals surface area contributed by atoms with Crippen molar-refractivity contribution in [2.24, 2.45) is 0 Å². The van der Waals surface area contributed by atoms with Crippen LogP contribution in [0, 0.1) is 11.5 Å². The molecule has 0 spiro atoms. The normalized spacial score (nSPS) is 21.5. The molecule has 0 amide bonds.